The van der Waals surface area contributed by atoms with Crippen molar-refractivity contribution >= 4 is 0 Å². The Morgan fingerprint density at radius 1 is 1.25 bits per heavy atom. The van der Waals surface area contributed by atoms with Gasteiger partial charge in [-0.05, 0) is 5.56 Å². The molecule has 1 unspecified atom stereocenters. The normalized spacial score (nSPS) is 18.5. The molecule has 0 fully saturated rings. The second-order valence-corrected chi connectivity index (χ2v) is 5.83. The summed E-state index contributed by atoms with van der Waals surface area (Å²) in [4.78, 5) is 6.77. The van der Waals surface area contributed by atoms with Crippen molar-refractivity contribution < 1.29 is 5.11 Å². The Balaban J connectivity index is 1.76. The smallest absolute Gasteiger partial charge is 0.122 e. The van der Waals surface area contributed by atoms with E-state index in [1.165, 1.54) is 5.56 Å². The lowest BCUT2D eigenvalue weighted by atomic mass is 9.82. The molecular weight excluding hydrogens is 250 g/mol. The van der Waals surface area contributed by atoms with Crippen LogP contribution in [0.1, 0.15) is 18.3 Å². The van der Waals surface area contributed by atoms with Gasteiger partial charge in [-0.2, -0.15) is 0 Å². The predicted molar refractivity (Wildman–Crippen MR) is 78.4 cm³/mol. The monoisotopic (exact) mass is 271 g/mol. The summed E-state index contributed by atoms with van der Waals surface area (Å²) in [6, 6.07) is 10.3. The average molecular weight is 271 g/mol. The lowest BCUT2D eigenvalue weighted by molar-refractivity contribution is 0.124. The molecule has 0 aliphatic carbocycles. The Morgan fingerprint density at radius 3 is 2.80 bits per heavy atom. The van der Waals surface area contributed by atoms with Gasteiger partial charge in [0.05, 0.1) is 13.2 Å². The van der Waals surface area contributed by atoms with Crippen LogP contribution in [0.5, 0.6) is 0 Å². The number of aliphatic hydroxyl groups is 1. The van der Waals surface area contributed by atoms with Crippen LogP contribution >= 0.6 is 0 Å². The maximum Gasteiger partial charge on any atom is 0.122 e. The standard InChI is InChI=1S/C16H21N3O/c1-16(13-20,14-5-3-2-4-6-14)12-18-9-10-19-8-7-17-15(19)11-18/h2-8,20H,9-13H2,1H3. The third kappa shape index (κ3) is 2.49. The first-order valence-corrected chi connectivity index (χ1v) is 7.10. The topological polar surface area (TPSA) is 41.3 Å². The Hall–Kier alpha value is -1.65. The number of aromatic nitrogens is 2. The van der Waals surface area contributed by atoms with E-state index in [0.717, 1.165) is 32.0 Å². The van der Waals surface area contributed by atoms with Crippen LogP contribution in [0.2, 0.25) is 0 Å². The van der Waals surface area contributed by atoms with E-state index in [9.17, 15) is 5.11 Å². The van der Waals surface area contributed by atoms with Gasteiger partial charge in [0.1, 0.15) is 5.82 Å². The van der Waals surface area contributed by atoms with Crippen LogP contribution in [0.15, 0.2) is 42.7 Å². The van der Waals surface area contributed by atoms with Crippen molar-refractivity contribution in [2.45, 2.75) is 25.4 Å². The van der Waals surface area contributed by atoms with Crippen molar-refractivity contribution in [3.63, 3.8) is 0 Å². The quantitative estimate of drug-likeness (QED) is 0.919. The van der Waals surface area contributed by atoms with Crippen LogP contribution in [0.25, 0.3) is 0 Å². The molecule has 3 rings (SSSR count). The van der Waals surface area contributed by atoms with Crippen molar-refractivity contribution in [3.8, 4) is 0 Å². The minimum absolute atomic E-state index is 0.155. The molecule has 0 saturated carbocycles. The highest BCUT2D eigenvalue weighted by Gasteiger charge is 2.30. The highest BCUT2D eigenvalue weighted by atomic mass is 16.3. The zero-order valence-corrected chi connectivity index (χ0v) is 11.9. The highest BCUT2D eigenvalue weighted by molar-refractivity contribution is 5.25. The molecule has 4 heteroatoms. The van der Waals surface area contributed by atoms with Gasteiger partial charge >= 0.3 is 0 Å². The molecule has 0 saturated heterocycles. The van der Waals surface area contributed by atoms with Crippen LogP contribution in [-0.2, 0) is 18.5 Å². The van der Waals surface area contributed by atoms with Gasteiger partial charge in [-0.15, -0.1) is 0 Å². The molecule has 1 aliphatic rings. The van der Waals surface area contributed by atoms with Crippen LogP contribution in [-0.4, -0.2) is 39.3 Å². The van der Waals surface area contributed by atoms with Crippen molar-refractivity contribution in [1.82, 2.24) is 14.5 Å². The maximum atomic E-state index is 9.88. The van der Waals surface area contributed by atoms with Crippen molar-refractivity contribution in [3.05, 3.63) is 54.1 Å². The number of rotatable bonds is 4. The molecule has 20 heavy (non-hydrogen) atoms. The summed E-state index contributed by atoms with van der Waals surface area (Å²) in [5.74, 6) is 1.12. The molecule has 0 bridgehead atoms. The fourth-order valence-electron chi connectivity index (χ4n) is 2.93. The Bertz CT molecular complexity index is 566. The summed E-state index contributed by atoms with van der Waals surface area (Å²) < 4.78 is 2.20. The molecule has 2 heterocycles. The summed E-state index contributed by atoms with van der Waals surface area (Å²) in [5.41, 5.74) is 0.965. The number of benzene rings is 1. The first-order chi connectivity index (χ1) is 9.71. The van der Waals surface area contributed by atoms with Crippen molar-refractivity contribution in [2.75, 3.05) is 19.7 Å². The predicted octanol–water partition coefficient (Wildman–Crippen LogP) is 1.65. The van der Waals surface area contributed by atoms with Crippen LogP contribution < -0.4 is 0 Å². The van der Waals surface area contributed by atoms with E-state index in [1.807, 2.05) is 30.6 Å². The zero-order chi connectivity index (χ0) is 14.0. The molecule has 0 radical (unpaired) electrons. The number of hydrogen-bond acceptors (Lipinski definition) is 3. The molecule has 1 atom stereocenters. The molecule has 1 aliphatic heterocycles. The first kappa shape index (κ1) is 13.3. The average Bonchev–Trinajstić information content (AvgIpc) is 2.95. The number of imidazole rings is 1. The van der Waals surface area contributed by atoms with E-state index in [-0.39, 0.29) is 12.0 Å². The van der Waals surface area contributed by atoms with Gasteiger partial charge in [-0.25, -0.2) is 4.98 Å². The zero-order valence-electron chi connectivity index (χ0n) is 11.9. The summed E-state index contributed by atoms with van der Waals surface area (Å²) >= 11 is 0. The summed E-state index contributed by atoms with van der Waals surface area (Å²) in [6.45, 7) is 5.97. The van der Waals surface area contributed by atoms with E-state index in [0.29, 0.717) is 0 Å². The third-order valence-electron chi connectivity index (χ3n) is 4.22. The second kappa shape index (κ2) is 5.38. The van der Waals surface area contributed by atoms with E-state index >= 15 is 0 Å². The lowest BCUT2D eigenvalue weighted by Crippen LogP contribution is -2.44. The van der Waals surface area contributed by atoms with Gasteiger partial charge in [0, 0.05) is 37.4 Å². The SMILES string of the molecule is CC(CO)(CN1CCn2ccnc2C1)c1ccccc1. The first-order valence-electron chi connectivity index (χ1n) is 7.10. The Morgan fingerprint density at radius 2 is 2.05 bits per heavy atom. The van der Waals surface area contributed by atoms with Gasteiger partial charge in [-0.1, -0.05) is 37.3 Å². The minimum Gasteiger partial charge on any atom is -0.395 e. The molecule has 0 amide bonds. The molecule has 1 aromatic carbocycles. The van der Waals surface area contributed by atoms with Crippen LogP contribution in [0.3, 0.4) is 0 Å². The largest absolute Gasteiger partial charge is 0.395 e. The van der Waals surface area contributed by atoms with E-state index < -0.39 is 0 Å². The highest BCUT2D eigenvalue weighted by Crippen LogP contribution is 2.26. The van der Waals surface area contributed by atoms with Gasteiger partial charge in [0.15, 0.2) is 0 Å². The van der Waals surface area contributed by atoms with Gasteiger partial charge in [0.2, 0.25) is 0 Å². The van der Waals surface area contributed by atoms with Crippen LogP contribution in [0, 0.1) is 0 Å². The Kier molecular flexibility index (Phi) is 3.59. The minimum atomic E-state index is -0.226. The van der Waals surface area contributed by atoms with E-state index in [1.54, 1.807) is 0 Å². The number of aliphatic hydroxyl groups excluding tert-OH is 1. The summed E-state index contributed by atoms with van der Waals surface area (Å²) in [7, 11) is 0. The van der Waals surface area contributed by atoms with Crippen LogP contribution in [0.4, 0.5) is 0 Å². The third-order valence-corrected chi connectivity index (χ3v) is 4.22. The van der Waals surface area contributed by atoms with Gasteiger partial charge in [0.25, 0.3) is 0 Å². The van der Waals surface area contributed by atoms with Crippen molar-refractivity contribution in [2.24, 2.45) is 0 Å². The Labute approximate surface area is 119 Å². The fourth-order valence-corrected chi connectivity index (χ4v) is 2.93. The van der Waals surface area contributed by atoms with E-state index in [4.69, 9.17) is 0 Å². The number of hydrogen-bond donors (Lipinski definition) is 1. The fraction of sp³-hybridized carbons (Fsp3) is 0.438. The molecule has 1 aromatic heterocycles. The van der Waals surface area contributed by atoms with Crippen molar-refractivity contribution in [1.29, 1.82) is 0 Å². The number of fused-ring (bicyclic) bond motifs is 1. The summed E-state index contributed by atoms with van der Waals surface area (Å²) in [5, 5.41) is 9.88. The lowest BCUT2D eigenvalue weighted by Gasteiger charge is -2.36. The molecule has 0 spiro atoms. The number of nitrogens with zero attached hydrogens (tertiary/aromatic N) is 3. The van der Waals surface area contributed by atoms with Gasteiger partial charge < -0.3 is 9.67 Å². The summed E-state index contributed by atoms with van der Waals surface area (Å²) in [6.07, 6.45) is 3.90. The van der Waals surface area contributed by atoms with Gasteiger partial charge in [-0.3, -0.25) is 4.90 Å². The molecule has 2 aromatic rings. The second-order valence-electron chi connectivity index (χ2n) is 5.83. The maximum absolute atomic E-state index is 9.88. The molecule has 4 nitrogen and oxygen atoms in total. The van der Waals surface area contributed by atoms with E-state index in [2.05, 4.69) is 33.5 Å². The molecular formula is C16H21N3O. The molecule has 106 valence electrons. The molecule has 1 N–H and O–H groups in total.